The number of hydrogen-bond donors (Lipinski definition) is 1. The monoisotopic (exact) mass is 283 g/mol. The molecule has 0 radical (unpaired) electrons. The highest BCUT2D eigenvalue weighted by atomic mass is 35.5. The smallest absolute Gasteiger partial charge is 0.0849 e. The van der Waals surface area contributed by atoms with Gasteiger partial charge in [0.25, 0.3) is 0 Å². The summed E-state index contributed by atoms with van der Waals surface area (Å²) in [7, 11) is 0. The number of rotatable bonds is 2. The number of benzene rings is 1. The molecule has 0 bridgehead atoms. The van der Waals surface area contributed by atoms with Crippen LogP contribution in [-0.2, 0) is 5.54 Å². The molecular formula is C13H15Cl2N3. The molecule has 0 saturated heterocycles. The minimum Gasteiger partial charge on any atom is -0.322 e. The molecule has 0 aliphatic heterocycles. The molecule has 0 unspecified atom stereocenters. The van der Waals surface area contributed by atoms with Gasteiger partial charge in [-0.3, -0.25) is 0 Å². The lowest BCUT2D eigenvalue weighted by Crippen LogP contribution is -2.29. The zero-order chi connectivity index (χ0) is 13.5. The van der Waals surface area contributed by atoms with Crippen LogP contribution in [0, 0.1) is 6.92 Å². The van der Waals surface area contributed by atoms with Crippen LogP contribution in [0.25, 0.3) is 5.69 Å². The van der Waals surface area contributed by atoms with Crippen molar-refractivity contribution in [2.24, 2.45) is 5.73 Å². The Morgan fingerprint density at radius 3 is 2.50 bits per heavy atom. The van der Waals surface area contributed by atoms with Crippen molar-refractivity contribution in [3.8, 4) is 5.69 Å². The highest BCUT2D eigenvalue weighted by molar-refractivity contribution is 6.34. The fourth-order valence-electron chi connectivity index (χ4n) is 1.93. The van der Waals surface area contributed by atoms with E-state index in [2.05, 4.69) is 5.10 Å². The van der Waals surface area contributed by atoms with E-state index in [1.807, 2.05) is 20.8 Å². The van der Waals surface area contributed by atoms with Crippen LogP contribution in [0.3, 0.4) is 0 Å². The molecule has 1 aromatic carbocycles. The molecule has 5 heteroatoms. The zero-order valence-corrected chi connectivity index (χ0v) is 12.0. The van der Waals surface area contributed by atoms with Crippen molar-refractivity contribution in [3.63, 3.8) is 0 Å². The first-order valence-electron chi connectivity index (χ1n) is 5.60. The number of aromatic nitrogens is 2. The van der Waals surface area contributed by atoms with Crippen LogP contribution in [0.2, 0.25) is 10.0 Å². The lowest BCUT2D eigenvalue weighted by atomic mass is 9.97. The van der Waals surface area contributed by atoms with Gasteiger partial charge in [0.15, 0.2) is 0 Å². The molecule has 0 aliphatic carbocycles. The Morgan fingerprint density at radius 2 is 1.94 bits per heavy atom. The lowest BCUT2D eigenvalue weighted by Gasteiger charge is -2.18. The van der Waals surface area contributed by atoms with Gasteiger partial charge in [-0.15, -0.1) is 0 Å². The molecule has 0 spiro atoms. The maximum Gasteiger partial charge on any atom is 0.0849 e. The first kappa shape index (κ1) is 13.4. The highest BCUT2D eigenvalue weighted by Gasteiger charge is 2.21. The summed E-state index contributed by atoms with van der Waals surface area (Å²) in [5.74, 6) is 0. The third-order valence-electron chi connectivity index (χ3n) is 2.84. The third kappa shape index (κ3) is 2.39. The number of nitrogens with zero attached hydrogens (tertiary/aromatic N) is 2. The Labute approximate surface area is 117 Å². The van der Waals surface area contributed by atoms with Crippen LogP contribution in [-0.4, -0.2) is 9.78 Å². The number of nitrogens with two attached hydrogens (primary N) is 1. The van der Waals surface area contributed by atoms with Gasteiger partial charge in [-0.2, -0.15) is 5.10 Å². The second-order valence-electron chi connectivity index (χ2n) is 4.87. The van der Waals surface area contributed by atoms with Crippen LogP contribution in [0.15, 0.2) is 24.4 Å². The quantitative estimate of drug-likeness (QED) is 0.914. The summed E-state index contributed by atoms with van der Waals surface area (Å²) in [6, 6.07) is 5.30. The van der Waals surface area contributed by atoms with E-state index < -0.39 is 5.54 Å². The maximum atomic E-state index is 6.18. The van der Waals surface area contributed by atoms with E-state index in [9.17, 15) is 0 Å². The fraction of sp³-hybridized carbons (Fsp3) is 0.308. The van der Waals surface area contributed by atoms with Crippen LogP contribution in [0.5, 0.6) is 0 Å². The minimum absolute atomic E-state index is 0.437. The van der Waals surface area contributed by atoms with Crippen LogP contribution >= 0.6 is 23.2 Å². The highest BCUT2D eigenvalue weighted by Crippen LogP contribution is 2.28. The SMILES string of the molecule is Cc1c(C(C)(C)N)cnn1-c1cc(Cl)ccc1Cl. The Balaban J connectivity index is 2.59. The summed E-state index contributed by atoms with van der Waals surface area (Å²) in [6.45, 7) is 5.86. The standard InChI is InChI=1S/C13H15Cl2N3/c1-8-10(13(2,3)16)7-17-18(8)12-6-9(14)4-5-11(12)15/h4-7H,16H2,1-3H3. The van der Waals surface area contributed by atoms with E-state index >= 15 is 0 Å². The van der Waals surface area contributed by atoms with Gasteiger partial charge in [0.1, 0.15) is 0 Å². The Hall–Kier alpha value is -1.03. The molecule has 1 heterocycles. The summed E-state index contributed by atoms with van der Waals surface area (Å²) in [4.78, 5) is 0. The minimum atomic E-state index is -0.437. The average Bonchev–Trinajstić information content (AvgIpc) is 2.63. The predicted molar refractivity (Wildman–Crippen MR) is 75.5 cm³/mol. The van der Waals surface area contributed by atoms with Crippen LogP contribution in [0.4, 0.5) is 0 Å². The Kier molecular flexibility index (Phi) is 3.41. The first-order chi connectivity index (χ1) is 8.30. The van der Waals surface area contributed by atoms with Crippen molar-refractivity contribution in [1.82, 2.24) is 9.78 Å². The number of halogens is 2. The fourth-order valence-corrected chi connectivity index (χ4v) is 2.30. The second kappa shape index (κ2) is 4.57. The lowest BCUT2D eigenvalue weighted by molar-refractivity contribution is 0.550. The maximum absolute atomic E-state index is 6.18. The van der Waals surface area contributed by atoms with Crippen molar-refractivity contribution >= 4 is 23.2 Å². The van der Waals surface area contributed by atoms with Gasteiger partial charge in [0.2, 0.25) is 0 Å². The molecule has 0 fully saturated rings. The van der Waals surface area contributed by atoms with Gasteiger partial charge < -0.3 is 5.73 Å². The molecule has 0 aliphatic rings. The summed E-state index contributed by atoms with van der Waals surface area (Å²) in [5.41, 5.74) is 8.38. The van der Waals surface area contributed by atoms with Crippen molar-refractivity contribution < 1.29 is 0 Å². The van der Waals surface area contributed by atoms with Gasteiger partial charge in [-0.1, -0.05) is 23.2 Å². The molecule has 96 valence electrons. The Morgan fingerprint density at radius 1 is 1.28 bits per heavy atom. The van der Waals surface area contributed by atoms with E-state index in [0.29, 0.717) is 10.0 Å². The predicted octanol–water partition coefficient (Wildman–Crippen LogP) is 3.68. The van der Waals surface area contributed by atoms with Crippen molar-refractivity contribution in [2.45, 2.75) is 26.3 Å². The summed E-state index contributed by atoms with van der Waals surface area (Å²) in [6.07, 6.45) is 1.77. The van der Waals surface area contributed by atoms with Crippen LogP contribution in [0.1, 0.15) is 25.1 Å². The van der Waals surface area contributed by atoms with Crippen molar-refractivity contribution in [1.29, 1.82) is 0 Å². The average molecular weight is 284 g/mol. The molecule has 2 rings (SSSR count). The molecular weight excluding hydrogens is 269 g/mol. The summed E-state index contributed by atoms with van der Waals surface area (Å²) in [5, 5.41) is 5.57. The molecule has 0 amide bonds. The Bertz CT molecular complexity index is 582. The van der Waals surface area contributed by atoms with Crippen LogP contribution < -0.4 is 5.73 Å². The normalized spacial score (nSPS) is 11.9. The van der Waals surface area contributed by atoms with E-state index in [1.54, 1.807) is 29.1 Å². The summed E-state index contributed by atoms with van der Waals surface area (Å²) < 4.78 is 1.76. The van der Waals surface area contributed by atoms with Gasteiger partial charge in [-0.25, -0.2) is 4.68 Å². The molecule has 0 saturated carbocycles. The molecule has 18 heavy (non-hydrogen) atoms. The van der Waals surface area contributed by atoms with Gasteiger partial charge in [0.05, 0.1) is 16.9 Å². The summed E-state index contributed by atoms with van der Waals surface area (Å²) >= 11 is 12.2. The zero-order valence-electron chi connectivity index (χ0n) is 10.5. The molecule has 2 N–H and O–H groups in total. The van der Waals surface area contributed by atoms with E-state index in [1.165, 1.54) is 0 Å². The van der Waals surface area contributed by atoms with E-state index in [0.717, 1.165) is 16.9 Å². The first-order valence-corrected chi connectivity index (χ1v) is 6.35. The van der Waals surface area contributed by atoms with Gasteiger partial charge in [0, 0.05) is 21.8 Å². The number of hydrogen-bond acceptors (Lipinski definition) is 2. The molecule has 3 nitrogen and oxygen atoms in total. The molecule has 0 atom stereocenters. The third-order valence-corrected chi connectivity index (χ3v) is 3.40. The molecule has 2 aromatic rings. The van der Waals surface area contributed by atoms with Crippen molar-refractivity contribution in [2.75, 3.05) is 0 Å². The van der Waals surface area contributed by atoms with E-state index in [4.69, 9.17) is 28.9 Å². The molecule has 1 aromatic heterocycles. The topological polar surface area (TPSA) is 43.8 Å². The van der Waals surface area contributed by atoms with E-state index in [-0.39, 0.29) is 0 Å². The second-order valence-corrected chi connectivity index (χ2v) is 5.72. The van der Waals surface area contributed by atoms with Gasteiger partial charge >= 0.3 is 0 Å². The van der Waals surface area contributed by atoms with Crippen molar-refractivity contribution in [3.05, 3.63) is 45.7 Å². The largest absolute Gasteiger partial charge is 0.322 e. The van der Waals surface area contributed by atoms with Gasteiger partial charge in [-0.05, 0) is 39.0 Å².